The fraction of sp³-hybridized carbons (Fsp3) is 0.600. The first-order valence-electron chi connectivity index (χ1n) is 7.80. The zero-order chi connectivity index (χ0) is 16.4. The molecule has 2 heterocycles. The number of nitrogens with one attached hydrogen (secondary N) is 1. The predicted molar refractivity (Wildman–Crippen MR) is 92.6 cm³/mol. The van der Waals surface area contributed by atoms with E-state index in [1.54, 1.807) is 11.8 Å². The first kappa shape index (κ1) is 16.5. The zero-order valence-electron chi connectivity index (χ0n) is 13.1. The Labute approximate surface area is 139 Å². The average Bonchev–Trinajstić information content (AvgIpc) is 3.11. The number of hydrogen-bond acceptors (Lipinski definition) is 7. The third-order valence-corrected chi connectivity index (χ3v) is 5.66. The maximum Gasteiger partial charge on any atom is 0.145 e. The number of aliphatic hydroxyl groups is 2. The maximum atomic E-state index is 10.5. The summed E-state index contributed by atoms with van der Waals surface area (Å²) in [4.78, 5) is 8.55. The molecule has 2 aromatic heterocycles. The number of rotatable bonds is 6. The molecule has 0 amide bonds. The highest BCUT2D eigenvalue weighted by molar-refractivity contribution is 7.99. The molecule has 1 saturated carbocycles. The minimum Gasteiger partial charge on any atom is -0.390 e. The highest BCUT2D eigenvalue weighted by Crippen LogP contribution is 2.39. The molecule has 2 aromatic rings. The summed E-state index contributed by atoms with van der Waals surface area (Å²) in [5.41, 5.74) is 6.29. The third kappa shape index (κ3) is 3.03. The van der Waals surface area contributed by atoms with Gasteiger partial charge in [0.25, 0.3) is 0 Å². The Balaban J connectivity index is 1.84. The lowest BCUT2D eigenvalue weighted by Crippen LogP contribution is -2.30. The van der Waals surface area contributed by atoms with Crippen LogP contribution in [-0.2, 0) is 0 Å². The molecule has 0 bridgehead atoms. The second-order valence-corrected chi connectivity index (χ2v) is 6.99. The number of aliphatic hydroxyl groups excluding tert-OH is 2. The van der Waals surface area contributed by atoms with Gasteiger partial charge in [-0.05, 0) is 24.2 Å². The Morgan fingerprint density at radius 1 is 1.39 bits per heavy atom. The number of hydrogen-bond donors (Lipinski definition) is 4. The molecule has 3 rings (SSSR count). The first-order chi connectivity index (χ1) is 11.2. The Bertz CT molecular complexity index is 664. The minimum absolute atomic E-state index is 0.0645. The topological polar surface area (TPSA) is 109 Å². The van der Waals surface area contributed by atoms with Gasteiger partial charge < -0.3 is 25.8 Å². The first-order valence-corrected chi connectivity index (χ1v) is 8.96. The number of anilines is 1. The van der Waals surface area contributed by atoms with E-state index in [2.05, 4.69) is 15.3 Å². The van der Waals surface area contributed by atoms with Crippen molar-refractivity contribution in [1.82, 2.24) is 14.5 Å². The molecule has 23 heavy (non-hydrogen) atoms. The lowest BCUT2D eigenvalue weighted by Gasteiger charge is -2.19. The van der Waals surface area contributed by atoms with Crippen LogP contribution in [0.5, 0.6) is 0 Å². The molecule has 1 aliphatic carbocycles. The van der Waals surface area contributed by atoms with Crippen LogP contribution in [-0.4, -0.2) is 62.1 Å². The molecule has 0 radical (unpaired) electrons. The van der Waals surface area contributed by atoms with Crippen molar-refractivity contribution in [1.29, 1.82) is 0 Å². The van der Waals surface area contributed by atoms with Crippen molar-refractivity contribution in [3.05, 3.63) is 18.6 Å². The highest BCUT2D eigenvalue weighted by Gasteiger charge is 2.42. The van der Waals surface area contributed by atoms with Gasteiger partial charge in [0.2, 0.25) is 0 Å². The molecule has 0 saturated heterocycles. The second kappa shape index (κ2) is 7.04. The van der Waals surface area contributed by atoms with E-state index < -0.39 is 12.2 Å². The molecule has 0 aromatic carbocycles. The summed E-state index contributed by atoms with van der Waals surface area (Å²) in [5, 5.41) is 24.8. The van der Waals surface area contributed by atoms with Crippen LogP contribution in [0, 0.1) is 5.92 Å². The standard InChI is InChI=1S/C15H23N5O2S/c1-17-14-10-2-4-20(15(10)19-8-18-14)11-6-9(7-23-5-3-16)12(21)13(11)22/h2,4,8-9,11-13,21-22H,3,5-7,16H2,1H3,(H,17,18,19)/t9-,11-,12-,13+/m1/s1. The average molecular weight is 337 g/mol. The van der Waals surface area contributed by atoms with Crippen molar-refractivity contribution in [3.63, 3.8) is 0 Å². The number of nitrogens with two attached hydrogens (primary N) is 1. The van der Waals surface area contributed by atoms with Gasteiger partial charge in [-0.25, -0.2) is 9.97 Å². The molecule has 8 heteroatoms. The number of thioether (sulfide) groups is 1. The van der Waals surface area contributed by atoms with E-state index >= 15 is 0 Å². The van der Waals surface area contributed by atoms with E-state index in [4.69, 9.17) is 5.73 Å². The van der Waals surface area contributed by atoms with E-state index in [0.717, 1.165) is 34.8 Å². The summed E-state index contributed by atoms with van der Waals surface area (Å²) in [6.45, 7) is 0.630. The molecule has 1 fully saturated rings. The van der Waals surface area contributed by atoms with Crippen LogP contribution in [0.25, 0.3) is 11.0 Å². The van der Waals surface area contributed by atoms with E-state index in [0.29, 0.717) is 6.54 Å². The Morgan fingerprint density at radius 3 is 2.96 bits per heavy atom. The molecular weight excluding hydrogens is 314 g/mol. The van der Waals surface area contributed by atoms with Crippen LogP contribution in [0.3, 0.4) is 0 Å². The van der Waals surface area contributed by atoms with Crippen LogP contribution in [0.15, 0.2) is 18.6 Å². The van der Waals surface area contributed by atoms with Gasteiger partial charge in [-0.3, -0.25) is 0 Å². The lowest BCUT2D eigenvalue weighted by molar-refractivity contribution is 0.0104. The normalized spacial score (nSPS) is 27.7. The second-order valence-electron chi connectivity index (χ2n) is 5.84. The van der Waals surface area contributed by atoms with Gasteiger partial charge in [0.15, 0.2) is 0 Å². The molecule has 7 nitrogen and oxygen atoms in total. The highest BCUT2D eigenvalue weighted by atomic mass is 32.2. The van der Waals surface area contributed by atoms with Crippen LogP contribution in [0.4, 0.5) is 5.82 Å². The minimum atomic E-state index is -0.790. The predicted octanol–water partition coefficient (Wildman–Crippen LogP) is 0.448. The fourth-order valence-corrected chi connectivity index (χ4v) is 4.27. The summed E-state index contributed by atoms with van der Waals surface area (Å²) in [7, 11) is 1.82. The smallest absolute Gasteiger partial charge is 0.145 e. The van der Waals surface area contributed by atoms with E-state index in [1.165, 1.54) is 6.33 Å². The molecule has 4 atom stereocenters. The molecule has 0 spiro atoms. The van der Waals surface area contributed by atoms with Crippen LogP contribution in [0.1, 0.15) is 12.5 Å². The monoisotopic (exact) mass is 337 g/mol. The van der Waals surface area contributed by atoms with Crippen molar-refractivity contribution in [2.75, 3.05) is 30.4 Å². The number of fused-ring (bicyclic) bond motifs is 1. The number of aromatic nitrogens is 3. The molecule has 1 aliphatic rings. The van der Waals surface area contributed by atoms with Gasteiger partial charge in [-0.15, -0.1) is 0 Å². The zero-order valence-corrected chi connectivity index (χ0v) is 13.9. The van der Waals surface area contributed by atoms with Gasteiger partial charge in [0, 0.05) is 25.5 Å². The molecule has 0 unspecified atom stereocenters. The summed E-state index contributed by atoms with van der Waals surface area (Å²) in [6.07, 6.45) is 2.64. The lowest BCUT2D eigenvalue weighted by atomic mass is 10.1. The van der Waals surface area contributed by atoms with Gasteiger partial charge in [0.05, 0.1) is 17.5 Å². The summed E-state index contributed by atoms with van der Waals surface area (Å²) in [5.74, 6) is 2.50. The van der Waals surface area contributed by atoms with Gasteiger partial charge in [-0.1, -0.05) is 0 Å². The molecule has 0 aliphatic heterocycles. The van der Waals surface area contributed by atoms with Crippen LogP contribution < -0.4 is 11.1 Å². The van der Waals surface area contributed by atoms with Crippen molar-refractivity contribution >= 4 is 28.6 Å². The van der Waals surface area contributed by atoms with Crippen molar-refractivity contribution < 1.29 is 10.2 Å². The third-order valence-electron chi connectivity index (χ3n) is 4.47. The summed E-state index contributed by atoms with van der Waals surface area (Å²) in [6, 6.07) is 1.77. The van der Waals surface area contributed by atoms with E-state index in [1.807, 2.05) is 23.9 Å². The number of nitrogens with zero attached hydrogens (tertiary/aromatic N) is 3. The quantitative estimate of drug-likeness (QED) is 0.567. The van der Waals surface area contributed by atoms with Crippen molar-refractivity contribution in [2.45, 2.75) is 24.7 Å². The summed E-state index contributed by atoms with van der Waals surface area (Å²) >= 11 is 1.72. The van der Waals surface area contributed by atoms with Crippen LogP contribution in [0.2, 0.25) is 0 Å². The summed E-state index contributed by atoms with van der Waals surface area (Å²) < 4.78 is 1.96. The van der Waals surface area contributed by atoms with E-state index in [-0.39, 0.29) is 12.0 Å². The SMILES string of the molecule is CNc1ncnc2c1ccn2[C@@H]1C[C@H](CSCCN)[C@@H](O)[C@H]1O. The maximum absolute atomic E-state index is 10.5. The molecular formula is C15H23N5O2S. The van der Waals surface area contributed by atoms with Crippen molar-refractivity contribution in [2.24, 2.45) is 11.7 Å². The fourth-order valence-electron chi connectivity index (χ4n) is 3.30. The van der Waals surface area contributed by atoms with Gasteiger partial charge >= 0.3 is 0 Å². The Morgan fingerprint density at radius 2 is 2.22 bits per heavy atom. The van der Waals surface area contributed by atoms with Crippen molar-refractivity contribution in [3.8, 4) is 0 Å². The van der Waals surface area contributed by atoms with Gasteiger partial charge in [0.1, 0.15) is 23.9 Å². The van der Waals surface area contributed by atoms with Crippen LogP contribution >= 0.6 is 11.8 Å². The largest absolute Gasteiger partial charge is 0.390 e. The van der Waals surface area contributed by atoms with E-state index in [9.17, 15) is 10.2 Å². The Kier molecular flexibility index (Phi) is 5.05. The Hall–Kier alpha value is -1.35. The molecule has 5 N–H and O–H groups in total. The molecule has 126 valence electrons. The van der Waals surface area contributed by atoms with Gasteiger partial charge in [-0.2, -0.15) is 11.8 Å².